The first-order valence-corrected chi connectivity index (χ1v) is 3.95. The first kappa shape index (κ1) is 5.72. The second-order valence-corrected chi connectivity index (χ2v) is 3.74. The molecule has 2 atom stereocenters. The Labute approximate surface area is 56.1 Å². The van der Waals surface area contributed by atoms with Gasteiger partial charge in [0.05, 0.1) is 6.10 Å². The first-order valence-electron chi connectivity index (χ1n) is 3.95. The Kier molecular flexibility index (Phi) is 1.10. The lowest BCUT2D eigenvalue weighted by molar-refractivity contribution is 0.104. The lowest BCUT2D eigenvalue weighted by atomic mass is 9.81. The average molecular weight is 126 g/mol. The molecule has 1 heteroatoms. The van der Waals surface area contributed by atoms with Gasteiger partial charge in [-0.25, -0.2) is 0 Å². The molecule has 2 bridgehead atoms. The fraction of sp³-hybridized carbons (Fsp3) is 1.00. The topological polar surface area (TPSA) is 20.2 Å². The summed E-state index contributed by atoms with van der Waals surface area (Å²) in [6.45, 7) is 1.94. The predicted molar refractivity (Wildman–Crippen MR) is 36.0 cm³/mol. The number of aliphatic hydroxyl groups is 1. The van der Waals surface area contributed by atoms with Crippen molar-refractivity contribution in [1.29, 1.82) is 0 Å². The molecule has 9 heavy (non-hydrogen) atoms. The minimum Gasteiger partial charge on any atom is -0.393 e. The van der Waals surface area contributed by atoms with Crippen molar-refractivity contribution in [1.82, 2.24) is 0 Å². The number of hydrogen-bond acceptors (Lipinski definition) is 1. The van der Waals surface area contributed by atoms with E-state index in [0.29, 0.717) is 5.92 Å². The quantitative estimate of drug-likeness (QED) is 0.563. The van der Waals surface area contributed by atoms with Crippen molar-refractivity contribution in [2.45, 2.75) is 32.3 Å². The predicted octanol–water partition coefficient (Wildman–Crippen LogP) is 1.41. The molecule has 3 rings (SSSR count). The van der Waals surface area contributed by atoms with E-state index in [-0.39, 0.29) is 6.10 Å². The van der Waals surface area contributed by atoms with E-state index in [4.69, 9.17) is 0 Å². The minimum atomic E-state index is -0.0394. The molecule has 0 radical (unpaired) electrons. The smallest absolute Gasteiger partial charge is 0.0543 e. The van der Waals surface area contributed by atoms with Crippen LogP contribution in [0.15, 0.2) is 0 Å². The molecule has 1 nitrogen and oxygen atoms in total. The zero-order valence-electron chi connectivity index (χ0n) is 5.88. The van der Waals surface area contributed by atoms with Crippen LogP contribution >= 0.6 is 0 Å². The van der Waals surface area contributed by atoms with Crippen molar-refractivity contribution in [2.24, 2.45) is 17.8 Å². The summed E-state index contributed by atoms with van der Waals surface area (Å²) >= 11 is 0. The molecule has 2 unspecified atom stereocenters. The monoisotopic (exact) mass is 126 g/mol. The van der Waals surface area contributed by atoms with Gasteiger partial charge in [-0.1, -0.05) is 0 Å². The van der Waals surface area contributed by atoms with Crippen LogP contribution in [0.4, 0.5) is 0 Å². The third-order valence-electron chi connectivity index (χ3n) is 3.10. The van der Waals surface area contributed by atoms with Crippen LogP contribution in [-0.4, -0.2) is 11.2 Å². The van der Waals surface area contributed by atoms with Crippen molar-refractivity contribution in [3.05, 3.63) is 0 Å². The second kappa shape index (κ2) is 1.72. The summed E-state index contributed by atoms with van der Waals surface area (Å²) in [7, 11) is 0. The third kappa shape index (κ3) is 0.710. The highest BCUT2D eigenvalue weighted by Gasteiger charge is 2.45. The molecule has 3 aliphatic carbocycles. The van der Waals surface area contributed by atoms with Crippen molar-refractivity contribution in [3.8, 4) is 0 Å². The lowest BCUT2D eigenvalue weighted by Gasteiger charge is -2.25. The number of fused-ring (bicyclic) bond motifs is 1. The van der Waals surface area contributed by atoms with Crippen LogP contribution in [0.3, 0.4) is 0 Å². The van der Waals surface area contributed by atoms with Crippen LogP contribution in [0.25, 0.3) is 0 Å². The Morgan fingerprint density at radius 2 is 2.00 bits per heavy atom. The van der Waals surface area contributed by atoms with Crippen LogP contribution in [0.2, 0.25) is 0 Å². The normalized spacial score (nSPS) is 50.7. The summed E-state index contributed by atoms with van der Waals surface area (Å²) in [5, 5.41) is 9.25. The zero-order chi connectivity index (χ0) is 6.43. The van der Waals surface area contributed by atoms with Gasteiger partial charge in [0.2, 0.25) is 0 Å². The maximum Gasteiger partial charge on any atom is 0.0543 e. The van der Waals surface area contributed by atoms with Gasteiger partial charge in [-0.05, 0) is 43.9 Å². The number of rotatable bonds is 1. The SMILES string of the molecule is CC(O)C1CC2CC1C2. The molecule has 0 aliphatic heterocycles. The summed E-state index contributed by atoms with van der Waals surface area (Å²) in [5.41, 5.74) is 0. The Bertz CT molecular complexity index is 114. The molecule has 0 aromatic heterocycles. The van der Waals surface area contributed by atoms with E-state index in [1.165, 1.54) is 19.3 Å². The van der Waals surface area contributed by atoms with Crippen molar-refractivity contribution < 1.29 is 5.11 Å². The van der Waals surface area contributed by atoms with Crippen molar-refractivity contribution >= 4 is 0 Å². The molecule has 3 saturated carbocycles. The molecule has 0 spiro atoms. The molecule has 0 saturated heterocycles. The summed E-state index contributed by atoms with van der Waals surface area (Å²) in [5.74, 6) is 2.56. The second-order valence-electron chi connectivity index (χ2n) is 3.74. The molecule has 3 fully saturated rings. The minimum absolute atomic E-state index is 0.0394. The fourth-order valence-electron chi connectivity index (χ4n) is 2.50. The Morgan fingerprint density at radius 1 is 1.33 bits per heavy atom. The van der Waals surface area contributed by atoms with Gasteiger partial charge < -0.3 is 5.11 Å². The average Bonchev–Trinajstić information content (AvgIpc) is 2.12. The Morgan fingerprint density at radius 3 is 2.22 bits per heavy atom. The molecule has 0 aromatic rings. The van der Waals surface area contributed by atoms with Gasteiger partial charge in [-0.3, -0.25) is 0 Å². The molecule has 0 amide bonds. The van der Waals surface area contributed by atoms with E-state index < -0.39 is 0 Å². The summed E-state index contributed by atoms with van der Waals surface area (Å²) in [6, 6.07) is 0. The van der Waals surface area contributed by atoms with E-state index in [9.17, 15) is 5.11 Å². The van der Waals surface area contributed by atoms with Gasteiger partial charge in [0.15, 0.2) is 0 Å². The molecule has 0 heterocycles. The first-order chi connectivity index (χ1) is 4.27. The van der Waals surface area contributed by atoms with Crippen LogP contribution < -0.4 is 0 Å². The highest BCUT2D eigenvalue weighted by molar-refractivity contribution is 4.95. The Balaban J connectivity index is 2.00. The summed E-state index contributed by atoms with van der Waals surface area (Å²) < 4.78 is 0. The number of aliphatic hydroxyl groups excluding tert-OH is 1. The van der Waals surface area contributed by atoms with E-state index in [1.807, 2.05) is 6.92 Å². The van der Waals surface area contributed by atoms with Crippen LogP contribution in [0.1, 0.15) is 26.2 Å². The van der Waals surface area contributed by atoms with Crippen LogP contribution in [-0.2, 0) is 0 Å². The molecule has 3 aliphatic rings. The van der Waals surface area contributed by atoms with Crippen LogP contribution in [0, 0.1) is 17.8 Å². The highest BCUT2D eigenvalue weighted by Crippen LogP contribution is 2.53. The standard InChI is InChI=1S/C8H14O/c1-5(9)8-4-6-2-7(8)3-6/h5-9H,2-4H2,1H3. The summed E-state index contributed by atoms with van der Waals surface area (Å²) in [6.07, 6.45) is 4.09. The molecule has 0 aromatic carbocycles. The molecule has 52 valence electrons. The van der Waals surface area contributed by atoms with Gasteiger partial charge >= 0.3 is 0 Å². The van der Waals surface area contributed by atoms with Gasteiger partial charge in [-0.2, -0.15) is 0 Å². The fourth-order valence-corrected chi connectivity index (χ4v) is 2.50. The third-order valence-corrected chi connectivity index (χ3v) is 3.10. The maximum atomic E-state index is 9.25. The zero-order valence-corrected chi connectivity index (χ0v) is 5.88. The Hall–Kier alpha value is -0.0400. The van der Waals surface area contributed by atoms with Crippen molar-refractivity contribution in [2.75, 3.05) is 0 Å². The molecule has 1 N–H and O–H groups in total. The van der Waals surface area contributed by atoms with Gasteiger partial charge in [0.1, 0.15) is 0 Å². The molecular formula is C8H14O. The summed E-state index contributed by atoms with van der Waals surface area (Å²) in [4.78, 5) is 0. The van der Waals surface area contributed by atoms with E-state index in [1.54, 1.807) is 0 Å². The van der Waals surface area contributed by atoms with E-state index >= 15 is 0 Å². The molecular weight excluding hydrogens is 112 g/mol. The number of hydrogen-bond donors (Lipinski definition) is 1. The maximum absolute atomic E-state index is 9.25. The largest absolute Gasteiger partial charge is 0.393 e. The lowest BCUT2D eigenvalue weighted by Crippen LogP contribution is -2.21. The van der Waals surface area contributed by atoms with Gasteiger partial charge in [0.25, 0.3) is 0 Å². The van der Waals surface area contributed by atoms with E-state index in [2.05, 4.69) is 0 Å². The highest BCUT2D eigenvalue weighted by atomic mass is 16.3. The van der Waals surface area contributed by atoms with Gasteiger partial charge in [0, 0.05) is 0 Å². The van der Waals surface area contributed by atoms with Crippen LogP contribution in [0.5, 0.6) is 0 Å². The van der Waals surface area contributed by atoms with E-state index in [0.717, 1.165) is 11.8 Å². The van der Waals surface area contributed by atoms with Gasteiger partial charge in [-0.15, -0.1) is 0 Å². The van der Waals surface area contributed by atoms with Crippen molar-refractivity contribution in [3.63, 3.8) is 0 Å².